The van der Waals surface area contributed by atoms with Crippen molar-refractivity contribution in [3.8, 4) is 0 Å². The summed E-state index contributed by atoms with van der Waals surface area (Å²) in [7, 11) is 2.16. The van der Waals surface area contributed by atoms with Crippen LogP contribution in [0, 0.1) is 0 Å². The lowest BCUT2D eigenvalue weighted by Gasteiger charge is -2.19. The summed E-state index contributed by atoms with van der Waals surface area (Å²) in [5.74, 6) is 0.0205. The maximum Gasteiger partial charge on any atom is 0.245 e. The highest BCUT2D eigenvalue weighted by Crippen LogP contribution is 2.16. The van der Waals surface area contributed by atoms with Gasteiger partial charge in [-0.2, -0.15) is 0 Å². The Morgan fingerprint density at radius 2 is 2.28 bits per heavy atom. The first-order valence-corrected chi connectivity index (χ1v) is 7.28. The molecule has 1 N–H and O–H groups in total. The normalized spacial score (nSPS) is 20.2. The molecule has 0 saturated carbocycles. The Morgan fingerprint density at radius 3 is 2.94 bits per heavy atom. The number of hydrogen-bond acceptors (Lipinski definition) is 3. The SMILES string of the molecule is CCCCCOCC(=O)NCCC1CCCN1C. The molecular formula is C14H28N2O2. The number of amides is 1. The number of carbonyl (C=O) groups excluding carboxylic acids is 1. The fraction of sp³-hybridized carbons (Fsp3) is 0.929. The van der Waals surface area contributed by atoms with Crippen molar-refractivity contribution in [1.29, 1.82) is 0 Å². The Morgan fingerprint density at radius 1 is 1.44 bits per heavy atom. The maximum atomic E-state index is 11.5. The van der Waals surface area contributed by atoms with Crippen molar-refractivity contribution in [2.24, 2.45) is 0 Å². The minimum absolute atomic E-state index is 0.0205. The van der Waals surface area contributed by atoms with Crippen molar-refractivity contribution < 1.29 is 9.53 Å². The van der Waals surface area contributed by atoms with Gasteiger partial charge < -0.3 is 15.0 Å². The zero-order valence-electron chi connectivity index (χ0n) is 11.9. The Labute approximate surface area is 111 Å². The first-order chi connectivity index (χ1) is 8.74. The van der Waals surface area contributed by atoms with E-state index in [4.69, 9.17) is 4.74 Å². The molecular weight excluding hydrogens is 228 g/mol. The van der Waals surface area contributed by atoms with Gasteiger partial charge in [-0.1, -0.05) is 19.8 Å². The second-order valence-corrected chi connectivity index (χ2v) is 5.17. The third-order valence-electron chi connectivity index (χ3n) is 3.60. The van der Waals surface area contributed by atoms with Crippen LogP contribution in [0.4, 0.5) is 0 Å². The molecule has 1 saturated heterocycles. The van der Waals surface area contributed by atoms with Crippen LogP contribution in [0.5, 0.6) is 0 Å². The van der Waals surface area contributed by atoms with Gasteiger partial charge in [-0.3, -0.25) is 4.79 Å². The smallest absolute Gasteiger partial charge is 0.245 e. The van der Waals surface area contributed by atoms with Crippen LogP contribution in [0.3, 0.4) is 0 Å². The number of rotatable bonds is 9. The van der Waals surface area contributed by atoms with Gasteiger partial charge in [0.15, 0.2) is 0 Å². The lowest BCUT2D eigenvalue weighted by Crippen LogP contribution is -2.33. The third kappa shape index (κ3) is 6.36. The topological polar surface area (TPSA) is 41.6 Å². The first kappa shape index (κ1) is 15.4. The quantitative estimate of drug-likeness (QED) is 0.640. The summed E-state index contributed by atoms with van der Waals surface area (Å²) in [6.07, 6.45) is 7.02. The van der Waals surface area contributed by atoms with Gasteiger partial charge >= 0.3 is 0 Å². The summed E-state index contributed by atoms with van der Waals surface area (Å²) in [6, 6.07) is 0.649. The largest absolute Gasteiger partial charge is 0.372 e. The van der Waals surface area contributed by atoms with E-state index >= 15 is 0 Å². The lowest BCUT2D eigenvalue weighted by molar-refractivity contribution is -0.125. The lowest BCUT2D eigenvalue weighted by atomic mass is 10.1. The first-order valence-electron chi connectivity index (χ1n) is 7.28. The van der Waals surface area contributed by atoms with Crippen molar-refractivity contribution in [1.82, 2.24) is 10.2 Å². The third-order valence-corrected chi connectivity index (χ3v) is 3.60. The van der Waals surface area contributed by atoms with Crippen molar-refractivity contribution in [2.75, 3.05) is 33.4 Å². The van der Waals surface area contributed by atoms with E-state index in [1.54, 1.807) is 0 Å². The van der Waals surface area contributed by atoms with E-state index in [0.29, 0.717) is 12.6 Å². The Kier molecular flexibility index (Phi) is 8.01. The average Bonchev–Trinajstić information content (AvgIpc) is 2.75. The van der Waals surface area contributed by atoms with Crippen molar-refractivity contribution in [2.45, 2.75) is 51.5 Å². The number of carbonyl (C=O) groups is 1. The van der Waals surface area contributed by atoms with Crippen LogP contribution < -0.4 is 5.32 Å². The molecule has 1 unspecified atom stereocenters. The van der Waals surface area contributed by atoms with E-state index in [2.05, 4.69) is 24.2 Å². The molecule has 1 fully saturated rings. The Bertz CT molecular complexity index is 234. The average molecular weight is 256 g/mol. The van der Waals surface area contributed by atoms with E-state index in [1.165, 1.54) is 32.2 Å². The molecule has 0 aromatic carbocycles. The zero-order chi connectivity index (χ0) is 13.2. The Hall–Kier alpha value is -0.610. The molecule has 4 heteroatoms. The second kappa shape index (κ2) is 9.34. The number of unbranched alkanes of at least 4 members (excludes halogenated alkanes) is 2. The highest BCUT2D eigenvalue weighted by molar-refractivity contribution is 5.77. The molecule has 18 heavy (non-hydrogen) atoms. The van der Waals surface area contributed by atoms with E-state index in [9.17, 15) is 4.79 Å². The molecule has 106 valence electrons. The van der Waals surface area contributed by atoms with E-state index < -0.39 is 0 Å². The molecule has 1 rings (SSSR count). The van der Waals surface area contributed by atoms with Gasteiger partial charge in [0.25, 0.3) is 0 Å². The minimum Gasteiger partial charge on any atom is -0.372 e. The molecule has 1 atom stereocenters. The Balaban J connectivity index is 1.93. The molecule has 1 aliphatic rings. The van der Waals surface area contributed by atoms with Gasteiger partial charge in [0, 0.05) is 19.2 Å². The molecule has 1 amide bonds. The van der Waals surface area contributed by atoms with Crippen molar-refractivity contribution in [3.05, 3.63) is 0 Å². The molecule has 0 spiro atoms. The van der Waals surface area contributed by atoms with Crippen LogP contribution in [-0.2, 0) is 9.53 Å². The number of likely N-dealkylation sites (tertiary alicyclic amines) is 1. The summed E-state index contributed by atoms with van der Waals surface area (Å²) in [4.78, 5) is 13.9. The number of nitrogens with zero attached hydrogens (tertiary/aromatic N) is 1. The van der Waals surface area contributed by atoms with Gasteiger partial charge in [0.1, 0.15) is 6.61 Å². The molecule has 0 radical (unpaired) electrons. The van der Waals surface area contributed by atoms with Crippen LogP contribution in [0.15, 0.2) is 0 Å². The standard InChI is InChI=1S/C14H28N2O2/c1-3-4-5-11-18-12-14(17)15-9-8-13-7-6-10-16(13)2/h13H,3-12H2,1-2H3,(H,15,17). The summed E-state index contributed by atoms with van der Waals surface area (Å²) in [5.41, 5.74) is 0. The molecule has 0 bridgehead atoms. The fourth-order valence-corrected chi connectivity index (χ4v) is 2.39. The molecule has 0 aromatic heterocycles. The van der Waals surface area contributed by atoms with Crippen molar-refractivity contribution >= 4 is 5.91 Å². The summed E-state index contributed by atoms with van der Waals surface area (Å²) >= 11 is 0. The predicted molar refractivity (Wildman–Crippen MR) is 73.6 cm³/mol. The van der Waals surface area contributed by atoms with Gasteiger partial charge in [-0.15, -0.1) is 0 Å². The monoisotopic (exact) mass is 256 g/mol. The van der Waals surface area contributed by atoms with Gasteiger partial charge in [-0.05, 0) is 39.3 Å². The molecule has 0 aliphatic carbocycles. The molecule has 0 aromatic rings. The number of hydrogen-bond donors (Lipinski definition) is 1. The van der Waals surface area contributed by atoms with Gasteiger partial charge in [0.2, 0.25) is 5.91 Å². The van der Waals surface area contributed by atoms with Crippen LogP contribution in [0.1, 0.15) is 45.4 Å². The summed E-state index contributed by atoms with van der Waals surface area (Å²) in [5, 5.41) is 2.93. The van der Waals surface area contributed by atoms with Gasteiger partial charge in [0.05, 0.1) is 0 Å². The minimum atomic E-state index is 0.0205. The van der Waals surface area contributed by atoms with E-state index in [-0.39, 0.29) is 12.5 Å². The predicted octanol–water partition coefficient (Wildman–Crippen LogP) is 1.79. The van der Waals surface area contributed by atoms with E-state index in [0.717, 1.165) is 19.4 Å². The fourth-order valence-electron chi connectivity index (χ4n) is 2.39. The van der Waals surface area contributed by atoms with Crippen LogP contribution in [0.25, 0.3) is 0 Å². The highest BCUT2D eigenvalue weighted by Gasteiger charge is 2.20. The van der Waals surface area contributed by atoms with Crippen LogP contribution in [-0.4, -0.2) is 50.2 Å². The number of ether oxygens (including phenoxy) is 1. The van der Waals surface area contributed by atoms with Crippen molar-refractivity contribution in [3.63, 3.8) is 0 Å². The molecule has 4 nitrogen and oxygen atoms in total. The van der Waals surface area contributed by atoms with E-state index in [1.807, 2.05) is 0 Å². The summed E-state index contributed by atoms with van der Waals surface area (Å²) < 4.78 is 5.32. The maximum absolute atomic E-state index is 11.5. The second-order valence-electron chi connectivity index (χ2n) is 5.17. The molecule has 1 heterocycles. The van der Waals surface area contributed by atoms with Crippen LogP contribution in [0.2, 0.25) is 0 Å². The van der Waals surface area contributed by atoms with Crippen LogP contribution >= 0.6 is 0 Å². The number of nitrogens with one attached hydrogen (secondary N) is 1. The molecule has 1 aliphatic heterocycles. The zero-order valence-corrected chi connectivity index (χ0v) is 11.9. The highest BCUT2D eigenvalue weighted by atomic mass is 16.5. The van der Waals surface area contributed by atoms with Gasteiger partial charge in [-0.25, -0.2) is 0 Å². The summed E-state index contributed by atoms with van der Waals surface area (Å²) in [6.45, 7) is 5.04.